The second-order valence-corrected chi connectivity index (χ2v) is 5.86. The molecular weight excluding hydrogens is 349 g/mol. The van der Waals surface area contributed by atoms with Gasteiger partial charge in [-0.2, -0.15) is 0 Å². The van der Waals surface area contributed by atoms with Crippen LogP contribution in [0.4, 0.5) is 0 Å². The fourth-order valence-corrected chi connectivity index (χ4v) is 2.19. The highest BCUT2D eigenvalue weighted by molar-refractivity contribution is 14.1. The summed E-state index contributed by atoms with van der Waals surface area (Å²) in [6.07, 6.45) is 7.55. The first kappa shape index (κ1) is 16.2. The minimum absolute atomic E-state index is 0.173. The maximum Gasteiger partial charge on any atom is 0.219 e. The monoisotopic (exact) mass is 371 g/mol. The molecule has 0 aliphatic rings. The van der Waals surface area contributed by atoms with E-state index in [9.17, 15) is 4.79 Å². The Kier molecular flexibility index (Phi) is 8.54. The molecule has 0 spiro atoms. The molecule has 0 saturated carbocycles. The molecule has 0 fully saturated rings. The molecule has 0 radical (unpaired) electrons. The van der Waals surface area contributed by atoms with E-state index in [2.05, 4.69) is 58.8 Å². The molecule has 1 rings (SSSR count). The lowest BCUT2D eigenvalue weighted by Crippen LogP contribution is -2.23. The zero-order valence-electron chi connectivity index (χ0n) is 11.3. The SMILES string of the molecule is C=CCCCNC(=O)CCCCc1ccc(I)cc1. The number of allylic oxidation sites excluding steroid dienone is 1. The van der Waals surface area contributed by atoms with Crippen molar-refractivity contribution in [2.45, 2.75) is 38.5 Å². The predicted molar refractivity (Wildman–Crippen MR) is 89.2 cm³/mol. The molecule has 3 heteroatoms. The van der Waals surface area contributed by atoms with Crippen LogP contribution in [0.1, 0.15) is 37.7 Å². The largest absolute Gasteiger partial charge is 0.356 e. The molecule has 104 valence electrons. The highest BCUT2D eigenvalue weighted by Crippen LogP contribution is 2.10. The second-order valence-electron chi connectivity index (χ2n) is 4.61. The van der Waals surface area contributed by atoms with Crippen molar-refractivity contribution in [1.82, 2.24) is 5.32 Å². The van der Waals surface area contributed by atoms with Crippen molar-refractivity contribution >= 4 is 28.5 Å². The number of carbonyl (C=O) groups is 1. The van der Waals surface area contributed by atoms with Crippen LogP contribution < -0.4 is 5.32 Å². The molecule has 1 amide bonds. The molecule has 0 aliphatic heterocycles. The quantitative estimate of drug-likeness (QED) is 0.396. The Morgan fingerprint density at radius 1 is 1.21 bits per heavy atom. The summed E-state index contributed by atoms with van der Waals surface area (Å²) in [6.45, 7) is 4.42. The Morgan fingerprint density at radius 3 is 2.63 bits per heavy atom. The Morgan fingerprint density at radius 2 is 1.95 bits per heavy atom. The molecule has 0 atom stereocenters. The molecule has 0 aromatic heterocycles. The van der Waals surface area contributed by atoms with Gasteiger partial charge in [0.1, 0.15) is 0 Å². The molecule has 1 N–H and O–H groups in total. The van der Waals surface area contributed by atoms with Crippen molar-refractivity contribution < 1.29 is 4.79 Å². The Bertz CT molecular complexity index is 386. The number of hydrogen-bond acceptors (Lipinski definition) is 1. The van der Waals surface area contributed by atoms with Gasteiger partial charge in [-0.1, -0.05) is 18.2 Å². The minimum Gasteiger partial charge on any atom is -0.356 e. The summed E-state index contributed by atoms with van der Waals surface area (Å²) in [4.78, 5) is 11.5. The Labute approximate surface area is 129 Å². The lowest BCUT2D eigenvalue weighted by Gasteiger charge is -2.04. The van der Waals surface area contributed by atoms with Crippen LogP contribution in [-0.2, 0) is 11.2 Å². The third kappa shape index (κ3) is 8.03. The summed E-state index contributed by atoms with van der Waals surface area (Å²) in [5, 5.41) is 2.94. The van der Waals surface area contributed by atoms with Gasteiger partial charge in [-0.25, -0.2) is 0 Å². The van der Waals surface area contributed by atoms with Gasteiger partial charge in [0, 0.05) is 16.5 Å². The first-order chi connectivity index (χ1) is 9.22. The molecule has 0 aliphatic carbocycles. The Balaban J connectivity index is 2.05. The lowest BCUT2D eigenvalue weighted by molar-refractivity contribution is -0.121. The van der Waals surface area contributed by atoms with Gasteiger partial charge >= 0.3 is 0 Å². The van der Waals surface area contributed by atoms with E-state index in [-0.39, 0.29) is 5.91 Å². The van der Waals surface area contributed by atoms with E-state index >= 15 is 0 Å². The smallest absolute Gasteiger partial charge is 0.219 e. The number of aryl methyl sites for hydroxylation is 1. The van der Waals surface area contributed by atoms with E-state index in [0.717, 1.165) is 38.6 Å². The van der Waals surface area contributed by atoms with Crippen molar-refractivity contribution in [2.75, 3.05) is 6.54 Å². The van der Waals surface area contributed by atoms with Crippen LogP contribution >= 0.6 is 22.6 Å². The van der Waals surface area contributed by atoms with E-state index in [0.29, 0.717) is 6.42 Å². The summed E-state index contributed by atoms with van der Waals surface area (Å²) in [7, 11) is 0. The standard InChI is InChI=1S/C16H22INO/c1-2-3-6-13-18-16(19)8-5-4-7-14-9-11-15(17)12-10-14/h2,9-12H,1,3-8,13H2,(H,18,19). The van der Waals surface area contributed by atoms with E-state index < -0.39 is 0 Å². The molecule has 0 saturated heterocycles. The third-order valence-electron chi connectivity index (χ3n) is 2.94. The Hall–Kier alpha value is -0.840. The fraction of sp³-hybridized carbons (Fsp3) is 0.438. The van der Waals surface area contributed by atoms with Crippen molar-refractivity contribution in [3.05, 3.63) is 46.1 Å². The molecule has 1 aromatic rings. The van der Waals surface area contributed by atoms with Gasteiger partial charge < -0.3 is 5.32 Å². The van der Waals surface area contributed by atoms with Gasteiger partial charge in [0.15, 0.2) is 0 Å². The van der Waals surface area contributed by atoms with E-state index in [1.54, 1.807) is 0 Å². The lowest BCUT2D eigenvalue weighted by atomic mass is 10.1. The first-order valence-electron chi connectivity index (χ1n) is 6.84. The summed E-state index contributed by atoms with van der Waals surface area (Å²) < 4.78 is 1.26. The van der Waals surface area contributed by atoms with Gasteiger partial charge in [0.2, 0.25) is 5.91 Å². The molecule has 1 aromatic carbocycles. The van der Waals surface area contributed by atoms with Crippen molar-refractivity contribution in [1.29, 1.82) is 0 Å². The maximum absolute atomic E-state index is 11.5. The van der Waals surface area contributed by atoms with Gasteiger partial charge in [-0.3, -0.25) is 4.79 Å². The molecule has 0 heterocycles. The van der Waals surface area contributed by atoms with Crippen molar-refractivity contribution in [2.24, 2.45) is 0 Å². The number of halogens is 1. The maximum atomic E-state index is 11.5. The molecule has 19 heavy (non-hydrogen) atoms. The number of unbranched alkanes of at least 4 members (excludes halogenated alkanes) is 2. The van der Waals surface area contributed by atoms with Crippen LogP contribution in [0.15, 0.2) is 36.9 Å². The summed E-state index contributed by atoms with van der Waals surface area (Å²) in [5.41, 5.74) is 1.35. The highest BCUT2D eigenvalue weighted by atomic mass is 127. The fourth-order valence-electron chi connectivity index (χ4n) is 1.83. The molecule has 2 nitrogen and oxygen atoms in total. The van der Waals surface area contributed by atoms with Crippen LogP contribution in [0, 0.1) is 3.57 Å². The van der Waals surface area contributed by atoms with Gasteiger partial charge in [0.25, 0.3) is 0 Å². The van der Waals surface area contributed by atoms with Crippen molar-refractivity contribution in [3.8, 4) is 0 Å². The summed E-state index contributed by atoms with van der Waals surface area (Å²) >= 11 is 2.31. The summed E-state index contributed by atoms with van der Waals surface area (Å²) in [5.74, 6) is 0.173. The number of amides is 1. The number of nitrogens with one attached hydrogen (secondary N) is 1. The third-order valence-corrected chi connectivity index (χ3v) is 3.66. The van der Waals surface area contributed by atoms with Crippen LogP contribution in [0.3, 0.4) is 0 Å². The topological polar surface area (TPSA) is 29.1 Å². The van der Waals surface area contributed by atoms with Gasteiger partial charge in [-0.05, 0) is 72.4 Å². The zero-order chi connectivity index (χ0) is 13.9. The highest BCUT2D eigenvalue weighted by Gasteiger charge is 2.00. The van der Waals surface area contributed by atoms with Crippen LogP contribution in [0.5, 0.6) is 0 Å². The van der Waals surface area contributed by atoms with E-state index in [1.165, 1.54) is 9.13 Å². The molecule has 0 bridgehead atoms. The van der Waals surface area contributed by atoms with Crippen molar-refractivity contribution in [3.63, 3.8) is 0 Å². The average Bonchev–Trinajstić information content (AvgIpc) is 2.42. The van der Waals surface area contributed by atoms with Crippen LogP contribution in [-0.4, -0.2) is 12.5 Å². The van der Waals surface area contributed by atoms with Gasteiger partial charge in [-0.15, -0.1) is 6.58 Å². The first-order valence-corrected chi connectivity index (χ1v) is 7.92. The van der Waals surface area contributed by atoms with Crippen LogP contribution in [0.25, 0.3) is 0 Å². The summed E-state index contributed by atoms with van der Waals surface area (Å²) in [6, 6.07) is 8.58. The molecule has 0 unspecified atom stereocenters. The number of hydrogen-bond donors (Lipinski definition) is 1. The second kappa shape index (κ2) is 10.0. The minimum atomic E-state index is 0.173. The average molecular weight is 371 g/mol. The normalized spacial score (nSPS) is 10.2. The predicted octanol–water partition coefficient (Wildman–Crippen LogP) is 4.09. The number of benzene rings is 1. The van der Waals surface area contributed by atoms with E-state index in [1.807, 2.05) is 6.08 Å². The number of carbonyl (C=O) groups excluding carboxylic acids is 1. The zero-order valence-corrected chi connectivity index (χ0v) is 13.5. The van der Waals surface area contributed by atoms with E-state index in [4.69, 9.17) is 0 Å². The molecular formula is C16H22INO. The van der Waals surface area contributed by atoms with Gasteiger partial charge in [0.05, 0.1) is 0 Å². The van der Waals surface area contributed by atoms with Crippen LogP contribution in [0.2, 0.25) is 0 Å². The number of rotatable bonds is 9.